The Morgan fingerprint density at radius 3 is 2.49 bits per heavy atom. The molecule has 10 nitrogen and oxygen atoms in total. The minimum atomic E-state index is -4.54. The minimum absolute atomic E-state index is 0.0527. The molecule has 206 valence electrons. The SMILES string of the molecule is CNc1[nH]nc2c1ncn2-c1ccc(NC(=O)Nc2ccc(CNCCN3CCCC3)c(C(F)(F)F)c2)cc1. The number of aromatic amines is 1. The number of imidazole rings is 1. The highest BCUT2D eigenvalue weighted by Gasteiger charge is 2.33. The molecule has 5 rings (SSSR count). The number of carbonyl (C=O) groups is 1. The van der Waals surface area contributed by atoms with Gasteiger partial charge in [0.05, 0.1) is 5.56 Å². The van der Waals surface area contributed by atoms with E-state index in [-0.39, 0.29) is 17.8 Å². The van der Waals surface area contributed by atoms with Gasteiger partial charge in [0.15, 0.2) is 11.2 Å². The molecule has 0 aliphatic carbocycles. The van der Waals surface area contributed by atoms with Crippen molar-refractivity contribution < 1.29 is 18.0 Å². The molecule has 0 spiro atoms. The summed E-state index contributed by atoms with van der Waals surface area (Å²) in [6.45, 7) is 3.61. The normalized spacial score (nSPS) is 14.2. The molecule has 5 N–H and O–H groups in total. The highest BCUT2D eigenvalue weighted by molar-refractivity contribution is 5.99. The van der Waals surface area contributed by atoms with Crippen LogP contribution in [0.25, 0.3) is 16.9 Å². The quantitative estimate of drug-likeness (QED) is 0.197. The predicted octanol–water partition coefficient (Wildman–Crippen LogP) is 4.64. The second-order valence-electron chi connectivity index (χ2n) is 9.36. The Kier molecular flexibility index (Phi) is 7.70. The lowest BCUT2D eigenvalue weighted by atomic mass is 10.1. The Morgan fingerprint density at radius 1 is 1.05 bits per heavy atom. The summed E-state index contributed by atoms with van der Waals surface area (Å²) in [5, 5.41) is 18.4. The fourth-order valence-corrected chi connectivity index (χ4v) is 4.69. The van der Waals surface area contributed by atoms with Gasteiger partial charge in [0.1, 0.15) is 12.1 Å². The van der Waals surface area contributed by atoms with E-state index in [1.807, 2.05) is 0 Å². The molecule has 2 aromatic carbocycles. The van der Waals surface area contributed by atoms with E-state index in [1.54, 1.807) is 42.2 Å². The number of fused-ring (bicyclic) bond motifs is 1. The summed E-state index contributed by atoms with van der Waals surface area (Å²) >= 11 is 0. The van der Waals surface area contributed by atoms with Crippen LogP contribution in [0.3, 0.4) is 0 Å². The Balaban J connectivity index is 1.20. The zero-order chi connectivity index (χ0) is 27.4. The first-order valence-corrected chi connectivity index (χ1v) is 12.7. The standard InChI is InChI=1S/C26H30F3N9O/c1-30-23-22-24(36-35-23)38(16-32-22)20-8-6-18(7-9-20)33-25(39)34-19-5-4-17(21(14-19)26(27,28)29)15-31-10-13-37-11-2-3-12-37/h4-9,14,16,31H,2-3,10-13,15H2,1H3,(H2,30,35,36)(H2,33,34,39). The van der Waals surface area contributed by atoms with E-state index in [0.717, 1.165) is 31.4 Å². The zero-order valence-electron chi connectivity index (χ0n) is 21.4. The van der Waals surface area contributed by atoms with Gasteiger partial charge < -0.3 is 26.2 Å². The molecule has 0 bridgehead atoms. The maximum absolute atomic E-state index is 13.8. The van der Waals surface area contributed by atoms with Gasteiger partial charge in [0.25, 0.3) is 0 Å². The number of H-pyrrole nitrogens is 1. The Labute approximate surface area is 223 Å². The number of nitrogens with one attached hydrogen (secondary N) is 5. The van der Waals surface area contributed by atoms with Gasteiger partial charge in [-0.3, -0.25) is 9.67 Å². The van der Waals surface area contributed by atoms with Crippen molar-refractivity contribution in [2.75, 3.05) is 49.2 Å². The van der Waals surface area contributed by atoms with Crippen LogP contribution >= 0.6 is 0 Å². The van der Waals surface area contributed by atoms with Crippen molar-refractivity contribution in [2.24, 2.45) is 0 Å². The number of rotatable bonds is 9. The predicted molar refractivity (Wildman–Crippen MR) is 144 cm³/mol. The number of likely N-dealkylation sites (tertiary alicyclic amines) is 1. The molecule has 4 aromatic rings. The first kappa shape index (κ1) is 26.5. The molecule has 2 amide bonds. The Morgan fingerprint density at radius 2 is 1.77 bits per heavy atom. The fourth-order valence-electron chi connectivity index (χ4n) is 4.69. The van der Waals surface area contributed by atoms with Crippen LogP contribution in [-0.2, 0) is 12.7 Å². The third-order valence-electron chi connectivity index (χ3n) is 6.70. The molecule has 39 heavy (non-hydrogen) atoms. The molecule has 13 heteroatoms. The number of halogens is 3. The van der Waals surface area contributed by atoms with Crippen LogP contribution < -0.4 is 21.3 Å². The zero-order valence-corrected chi connectivity index (χ0v) is 21.4. The number of nitrogens with zero attached hydrogens (tertiary/aromatic N) is 4. The highest BCUT2D eigenvalue weighted by Crippen LogP contribution is 2.34. The molecular weight excluding hydrogens is 511 g/mol. The maximum atomic E-state index is 13.8. The van der Waals surface area contributed by atoms with Crippen molar-refractivity contribution in [3.05, 3.63) is 59.9 Å². The van der Waals surface area contributed by atoms with Crippen molar-refractivity contribution in [3.63, 3.8) is 0 Å². The van der Waals surface area contributed by atoms with E-state index >= 15 is 0 Å². The molecule has 0 radical (unpaired) electrons. The third kappa shape index (κ3) is 6.15. The molecule has 0 unspecified atom stereocenters. The molecule has 1 fully saturated rings. The van der Waals surface area contributed by atoms with Gasteiger partial charge in [0, 0.05) is 43.7 Å². The number of anilines is 3. The monoisotopic (exact) mass is 541 g/mol. The molecule has 3 heterocycles. The molecule has 0 saturated carbocycles. The Bertz CT molecular complexity index is 1420. The topological polar surface area (TPSA) is 115 Å². The van der Waals surface area contributed by atoms with Gasteiger partial charge in [-0.05, 0) is 67.9 Å². The number of aromatic nitrogens is 4. The van der Waals surface area contributed by atoms with E-state index in [1.165, 1.54) is 25.0 Å². The largest absolute Gasteiger partial charge is 0.416 e. The van der Waals surface area contributed by atoms with Crippen molar-refractivity contribution in [1.29, 1.82) is 0 Å². The number of carbonyl (C=O) groups excluding carboxylic acids is 1. The average Bonchev–Trinajstić information content (AvgIpc) is 3.66. The second kappa shape index (κ2) is 11.3. The van der Waals surface area contributed by atoms with E-state index in [2.05, 4.69) is 41.3 Å². The summed E-state index contributed by atoms with van der Waals surface area (Å²) in [5.74, 6) is 0.703. The van der Waals surface area contributed by atoms with Crippen molar-refractivity contribution in [1.82, 2.24) is 30.0 Å². The van der Waals surface area contributed by atoms with Gasteiger partial charge in [-0.2, -0.15) is 18.3 Å². The summed E-state index contributed by atoms with van der Waals surface area (Å²) in [7, 11) is 1.77. The van der Waals surface area contributed by atoms with Crippen LogP contribution in [0.2, 0.25) is 0 Å². The van der Waals surface area contributed by atoms with Crippen LogP contribution in [0.1, 0.15) is 24.0 Å². The van der Waals surface area contributed by atoms with E-state index in [0.29, 0.717) is 29.2 Å². The van der Waals surface area contributed by atoms with Crippen molar-refractivity contribution >= 4 is 34.4 Å². The van der Waals surface area contributed by atoms with Crippen molar-refractivity contribution in [3.8, 4) is 5.69 Å². The van der Waals surface area contributed by atoms with Gasteiger partial charge in [-0.25, -0.2) is 9.78 Å². The van der Waals surface area contributed by atoms with Crippen LogP contribution in [0.15, 0.2) is 48.8 Å². The molecule has 1 saturated heterocycles. The number of hydrogen-bond donors (Lipinski definition) is 5. The lowest BCUT2D eigenvalue weighted by Gasteiger charge is -2.17. The third-order valence-corrected chi connectivity index (χ3v) is 6.70. The van der Waals surface area contributed by atoms with Gasteiger partial charge in [-0.15, -0.1) is 0 Å². The lowest BCUT2D eigenvalue weighted by Crippen LogP contribution is -2.30. The minimum Gasteiger partial charge on any atom is -0.372 e. The van der Waals surface area contributed by atoms with Gasteiger partial charge in [0.2, 0.25) is 0 Å². The first-order valence-electron chi connectivity index (χ1n) is 12.7. The van der Waals surface area contributed by atoms with Crippen LogP contribution in [0.5, 0.6) is 0 Å². The Hall–Kier alpha value is -4.10. The number of amides is 2. The van der Waals surface area contributed by atoms with E-state index in [9.17, 15) is 18.0 Å². The summed E-state index contributed by atoms with van der Waals surface area (Å²) in [6, 6.07) is 10.1. The van der Waals surface area contributed by atoms with Gasteiger partial charge in [-0.1, -0.05) is 6.07 Å². The summed E-state index contributed by atoms with van der Waals surface area (Å²) in [4.78, 5) is 19.2. The molecule has 1 aliphatic rings. The molecular formula is C26H30F3N9O. The van der Waals surface area contributed by atoms with Crippen LogP contribution in [0, 0.1) is 0 Å². The average molecular weight is 542 g/mol. The summed E-state index contributed by atoms with van der Waals surface area (Å²) < 4.78 is 43.1. The van der Waals surface area contributed by atoms with Crippen LogP contribution in [0.4, 0.5) is 35.2 Å². The molecule has 2 aromatic heterocycles. The van der Waals surface area contributed by atoms with Crippen molar-refractivity contribution in [2.45, 2.75) is 25.6 Å². The van der Waals surface area contributed by atoms with E-state index < -0.39 is 17.8 Å². The molecule has 0 atom stereocenters. The number of urea groups is 1. The summed E-state index contributed by atoms with van der Waals surface area (Å²) in [5.41, 5.74) is 2.00. The smallest absolute Gasteiger partial charge is 0.372 e. The first-order chi connectivity index (χ1) is 18.8. The highest BCUT2D eigenvalue weighted by atomic mass is 19.4. The fraction of sp³-hybridized carbons (Fsp3) is 0.346. The number of alkyl halides is 3. The number of benzene rings is 2. The maximum Gasteiger partial charge on any atom is 0.416 e. The summed E-state index contributed by atoms with van der Waals surface area (Å²) in [6.07, 6.45) is -0.558. The lowest BCUT2D eigenvalue weighted by molar-refractivity contribution is -0.138. The van der Waals surface area contributed by atoms with Gasteiger partial charge >= 0.3 is 12.2 Å². The molecule has 1 aliphatic heterocycles. The number of hydrogen-bond acceptors (Lipinski definition) is 6. The van der Waals surface area contributed by atoms with Crippen LogP contribution in [-0.4, -0.2) is 63.9 Å². The van der Waals surface area contributed by atoms with E-state index in [4.69, 9.17) is 0 Å². The second-order valence-corrected chi connectivity index (χ2v) is 9.36.